The molecule has 13 heteroatoms. The zero-order valence-corrected chi connectivity index (χ0v) is 26.6. The molecule has 4 rings (SSSR count). The van der Waals surface area contributed by atoms with Crippen LogP contribution < -0.4 is 4.74 Å². The molecule has 0 saturated carbocycles. The van der Waals surface area contributed by atoms with Gasteiger partial charge < -0.3 is 19.5 Å². The minimum atomic E-state index is -4.63. The fraction of sp³-hybridized carbons (Fsp3) is 0.500. The molecule has 238 valence electrons. The van der Waals surface area contributed by atoms with Crippen molar-refractivity contribution in [3.63, 3.8) is 0 Å². The second-order valence-electron chi connectivity index (χ2n) is 11.0. The second kappa shape index (κ2) is 15.6. The van der Waals surface area contributed by atoms with Crippen LogP contribution in [-0.4, -0.2) is 96.9 Å². The molecule has 2 aromatic carbocycles. The minimum absolute atomic E-state index is 0. The zero-order valence-electron chi connectivity index (χ0n) is 24.2. The van der Waals surface area contributed by atoms with Crippen LogP contribution in [0.2, 0.25) is 5.02 Å². The molecule has 2 fully saturated rings. The lowest BCUT2D eigenvalue weighted by Crippen LogP contribution is -2.56. The maximum atomic E-state index is 13.6. The maximum absolute atomic E-state index is 13.6. The first-order valence-electron chi connectivity index (χ1n) is 13.4. The number of phenolic OH excluding ortho intramolecular Hbond substituents is 1. The van der Waals surface area contributed by atoms with Gasteiger partial charge in [0.15, 0.2) is 0 Å². The SMILES string of the molecule is COc1cc(C(=O)N2CCN(CC#CCN3CCOCC3(C)C)C[C@H]2Cc2ccc(Cl)c(O)c2)cc(C(F)(F)F)c1.Cl.Cl. The predicted octanol–water partition coefficient (Wildman–Crippen LogP) is 5.40. The lowest BCUT2D eigenvalue weighted by molar-refractivity contribution is -0.137. The number of carbonyl (C=O) groups excluding carboxylic acids is 1. The van der Waals surface area contributed by atoms with E-state index in [-0.39, 0.29) is 58.5 Å². The Morgan fingerprint density at radius 2 is 1.84 bits per heavy atom. The van der Waals surface area contributed by atoms with Crippen LogP contribution in [0.5, 0.6) is 11.5 Å². The number of hydrogen-bond donors (Lipinski definition) is 1. The Balaban J connectivity index is 0.00000323. The average molecular weight is 667 g/mol. The number of amides is 1. The van der Waals surface area contributed by atoms with Gasteiger partial charge in [-0.2, -0.15) is 13.2 Å². The minimum Gasteiger partial charge on any atom is -0.506 e. The molecule has 0 spiro atoms. The normalized spacial score (nSPS) is 19.0. The molecule has 0 aliphatic carbocycles. The van der Waals surface area contributed by atoms with E-state index in [9.17, 15) is 23.1 Å². The first kappa shape index (κ1) is 36.8. The smallest absolute Gasteiger partial charge is 0.416 e. The number of piperazine rings is 1. The summed E-state index contributed by atoms with van der Waals surface area (Å²) in [6.45, 7) is 8.81. The van der Waals surface area contributed by atoms with E-state index in [1.807, 2.05) is 0 Å². The summed E-state index contributed by atoms with van der Waals surface area (Å²) in [4.78, 5) is 19.7. The number of halogens is 6. The van der Waals surface area contributed by atoms with Crippen LogP contribution >= 0.6 is 36.4 Å². The topological polar surface area (TPSA) is 65.5 Å². The summed E-state index contributed by atoms with van der Waals surface area (Å²) in [5.74, 6) is 5.87. The van der Waals surface area contributed by atoms with Gasteiger partial charge in [0.1, 0.15) is 11.5 Å². The number of benzene rings is 2. The van der Waals surface area contributed by atoms with Gasteiger partial charge in [0.05, 0.1) is 44.0 Å². The van der Waals surface area contributed by atoms with E-state index < -0.39 is 17.6 Å². The van der Waals surface area contributed by atoms with Crippen molar-refractivity contribution in [1.82, 2.24) is 14.7 Å². The molecule has 2 heterocycles. The van der Waals surface area contributed by atoms with Crippen molar-refractivity contribution in [3.05, 3.63) is 58.1 Å². The Kier molecular flexibility index (Phi) is 13.3. The number of phenols is 1. The molecule has 2 aliphatic heterocycles. The number of nitrogens with zero attached hydrogens (tertiary/aromatic N) is 3. The molecule has 1 N–H and O–H groups in total. The highest BCUT2D eigenvalue weighted by Crippen LogP contribution is 2.33. The number of methoxy groups -OCH3 is 1. The third kappa shape index (κ3) is 9.55. The highest BCUT2D eigenvalue weighted by Gasteiger charge is 2.35. The van der Waals surface area contributed by atoms with Gasteiger partial charge in [-0.1, -0.05) is 29.5 Å². The predicted molar refractivity (Wildman–Crippen MR) is 165 cm³/mol. The van der Waals surface area contributed by atoms with Crippen LogP contribution in [0.3, 0.4) is 0 Å². The van der Waals surface area contributed by atoms with E-state index in [4.69, 9.17) is 21.1 Å². The number of hydrogen-bond acceptors (Lipinski definition) is 6. The first-order chi connectivity index (χ1) is 19.4. The fourth-order valence-electron chi connectivity index (χ4n) is 5.14. The molecule has 2 aromatic rings. The monoisotopic (exact) mass is 665 g/mol. The standard InChI is InChI=1S/C30H35ClF3N3O4.2ClH/c1-29(2)20-41-13-12-36(29)9-5-4-8-35-10-11-37(24(19-35)14-21-6-7-26(31)27(38)15-21)28(39)22-16-23(30(32,33)34)18-25(17-22)40-3;;/h6-7,15-18,24,38H,8-14,19-20H2,1-3H3;2*1H/t24-;;/m1../s1. The van der Waals surface area contributed by atoms with Crippen molar-refractivity contribution in [3.8, 4) is 23.3 Å². The highest BCUT2D eigenvalue weighted by molar-refractivity contribution is 6.32. The number of ether oxygens (including phenoxy) is 2. The van der Waals surface area contributed by atoms with Gasteiger partial charge in [0, 0.05) is 43.3 Å². The van der Waals surface area contributed by atoms with Gasteiger partial charge in [0.25, 0.3) is 5.91 Å². The molecule has 43 heavy (non-hydrogen) atoms. The Hall–Kier alpha value is -2.39. The van der Waals surface area contributed by atoms with Crippen molar-refractivity contribution in [1.29, 1.82) is 0 Å². The van der Waals surface area contributed by atoms with Crippen molar-refractivity contribution in [2.24, 2.45) is 0 Å². The summed E-state index contributed by atoms with van der Waals surface area (Å²) in [6.07, 6.45) is -4.25. The second-order valence-corrected chi connectivity index (χ2v) is 11.4. The van der Waals surface area contributed by atoms with Gasteiger partial charge in [0.2, 0.25) is 0 Å². The van der Waals surface area contributed by atoms with Crippen LogP contribution in [0, 0.1) is 11.8 Å². The quantitative estimate of drug-likeness (QED) is 0.417. The molecule has 7 nitrogen and oxygen atoms in total. The number of morpholine rings is 1. The van der Waals surface area contributed by atoms with Gasteiger partial charge in [-0.25, -0.2) is 0 Å². The Labute approximate surface area is 268 Å². The Morgan fingerprint density at radius 3 is 2.49 bits per heavy atom. The van der Waals surface area contributed by atoms with E-state index >= 15 is 0 Å². The van der Waals surface area contributed by atoms with Crippen molar-refractivity contribution in [2.75, 3.05) is 59.6 Å². The maximum Gasteiger partial charge on any atom is 0.416 e. The first-order valence-corrected chi connectivity index (χ1v) is 13.8. The van der Waals surface area contributed by atoms with Gasteiger partial charge in [-0.15, -0.1) is 24.8 Å². The third-order valence-corrected chi connectivity index (χ3v) is 7.86. The van der Waals surface area contributed by atoms with Crippen molar-refractivity contribution < 1.29 is 32.5 Å². The summed E-state index contributed by atoms with van der Waals surface area (Å²) >= 11 is 5.98. The van der Waals surface area contributed by atoms with Gasteiger partial charge in [-0.3, -0.25) is 14.6 Å². The van der Waals surface area contributed by atoms with Crippen LogP contribution in [0.4, 0.5) is 13.2 Å². The number of rotatable bonds is 6. The Morgan fingerprint density at radius 1 is 1.12 bits per heavy atom. The molecule has 1 amide bonds. The van der Waals surface area contributed by atoms with Crippen LogP contribution in [-0.2, 0) is 17.3 Å². The average Bonchev–Trinajstić information content (AvgIpc) is 2.92. The summed E-state index contributed by atoms with van der Waals surface area (Å²) in [5, 5.41) is 10.3. The Bertz CT molecular complexity index is 1320. The lowest BCUT2D eigenvalue weighted by atomic mass is 10.00. The van der Waals surface area contributed by atoms with Crippen LogP contribution in [0.1, 0.15) is 35.3 Å². The molecule has 1 atom stereocenters. The van der Waals surface area contributed by atoms with Crippen LogP contribution in [0.25, 0.3) is 0 Å². The van der Waals surface area contributed by atoms with E-state index in [0.717, 1.165) is 24.2 Å². The summed E-state index contributed by atoms with van der Waals surface area (Å²) in [5.41, 5.74) is -0.377. The van der Waals surface area contributed by atoms with E-state index in [1.54, 1.807) is 23.1 Å². The van der Waals surface area contributed by atoms with Gasteiger partial charge in [-0.05, 0) is 56.2 Å². The number of alkyl halides is 3. The molecule has 0 radical (unpaired) electrons. The summed E-state index contributed by atoms with van der Waals surface area (Å²) in [7, 11) is 1.26. The lowest BCUT2D eigenvalue weighted by Gasteiger charge is -2.41. The van der Waals surface area contributed by atoms with Crippen molar-refractivity contribution in [2.45, 2.75) is 38.0 Å². The number of carbonyl (C=O) groups is 1. The van der Waals surface area contributed by atoms with Gasteiger partial charge >= 0.3 is 6.18 Å². The molecular weight excluding hydrogens is 630 g/mol. The molecule has 0 bridgehead atoms. The van der Waals surface area contributed by atoms with E-state index in [2.05, 4.69) is 35.5 Å². The largest absolute Gasteiger partial charge is 0.506 e. The molecule has 2 saturated heterocycles. The summed E-state index contributed by atoms with van der Waals surface area (Å²) in [6, 6.07) is 7.57. The molecule has 2 aliphatic rings. The third-order valence-electron chi connectivity index (χ3n) is 7.54. The highest BCUT2D eigenvalue weighted by atomic mass is 35.5. The molecule has 0 aromatic heterocycles. The van der Waals surface area contributed by atoms with E-state index in [1.165, 1.54) is 13.2 Å². The fourth-order valence-corrected chi connectivity index (χ4v) is 5.25. The molecule has 0 unspecified atom stereocenters. The van der Waals surface area contributed by atoms with Crippen LogP contribution in [0.15, 0.2) is 36.4 Å². The zero-order chi connectivity index (χ0) is 29.8. The number of aromatic hydroxyl groups is 1. The van der Waals surface area contributed by atoms with Crippen molar-refractivity contribution >= 4 is 42.3 Å². The molecular formula is C30H37Cl3F3N3O4. The summed E-state index contributed by atoms with van der Waals surface area (Å²) < 4.78 is 51.3. The van der Waals surface area contributed by atoms with E-state index in [0.29, 0.717) is 52.4 Å².